The predicted octanol–water partition coefficient (Wildman–Crippen LogP) is 5.44. The zero-order valence-electron chi connectivity index (χ0n) is 25.6. The summed E-state index contributed by atoms with van der Waals surface area (Å²) in [5.74, 6) is -1.15. The van der Waals surface area contributed by atoms with Crippen LogP contribution in [0.25, 0.3) is 0 Å². The van der Waals surface area contributed by atoms with Gasteiger partial charge >= 0.3 is 0 Å². The van der Waals surface area contributed by atoms with Crippen LogP contribution in [0.3, 0.4) is 0 Å². The molecule has 0 aromatic heterocycles. The minimum Gasteiger partial charge on any atom is -0.497 e. The van der Waals surface area contributed by atoms with Crippen molar-refractivity contribution in [2.45, 2.75) is 37.8 Å². The Bertz CT molecular complexity index is 1680. The molecule has 0 fully saturated rings. The summed E-state index contributed by atoms with van der Waals surface area (Å²) >= 11 is 0. The number of methoxy groups -OCH3 is 1. The predicted molar refractivity (Wildman–Crippen MR) is 173 cm³/mol. The molecular formula is C35H38FN3O5S. The van der Waals surface area contributed by atoms with E-state index in [0.29, 0.717) is 17.9 Å². The number of nitrogens with zero attached hydrogens (tertiary/aromatic N) is 2. The number of para-hydroxylation sites is 1. The summed E-state index contributed by atoms with van der Waals surface area (Å²) in [5, 5.41) is 2.95. The normalized spacial score (nSPS) is 11.9. The molecule has 0 radical (unpaired) electrons. The van der Waals surface area contributed by atoms with E-state index in [4.69, 9.17) is 4.74 Å². The van der Waals surface area contributed by atoms with Crippen molar-refractivity contribution in [1.82, 2.24) is 10.2 Å². The highest BCUT2D eigenvalue weighted by Gasteiger charge is 2.35. The molecule has 0 heterocycles. The maximum Gasteiger partial charge on any atom is 0.264 e. The average molecular weight is 632 g/mol. The molecule has 0 saturated carbocycles. The quantitative estimate of drug-likeness (QED) is 0.200. The van der Waals surface area contributed by atoms with Gasteiger partial charge in [0.15, 0.2) is 0 Å². The second-order valence-corrected chi connectivity index (χ2v) is 12.9. The van der Waals surface area contributed by atoms with Crippen molar-refractivity contribution in [3.63, 3.8) is 0 Å². The number of rotatable bonds is 14. The summed E-state index contributed by atoms with van der Waals surface area (Å²) in [6.07, 6.45) is 0.172. The van der Waals surface area contributed by atoms with Crippen LogP contribution in [-0.2, 0) is 32.6 Å². The number of hydrogen-bond acceptors (Lipinski definition) is 5. The molecule has 1 atom stereocenters. The van der Waals surface area contributed by atoms with Gasteiger partial charge in [-0.3, -0.25) is 13.9 Å². The molecule has 0 bridgehead atoms. The SMILES string of the molecule is COc1cccc(CN(C(=O)CN(c2ccccc2F)S(=O)(=O)c2ccccc2)[C@H](Cc2ccccc2)C(=O)NCC(C)C)c1. The molecular weight excluding hydrogens is 593 g/mol. The highest BCUT2D eigenvalue weighted by molar-refractivity contribution is 7.92. The summed E-state index contributed by atoms with van der Waals surface area (Å²) in [4.78, 5) is 29.5. The zero-order chi connectivity index (χ0) is 32.4. The van der Waals surface area contributed by atoms with Gasteiger partial charge in [-0.2, -0.15) is 0 Å². The van der Waals surface area contributed by atoms with Crippen LogP contribution in [0.1, 0.15) is 25.0 Å². The first-order valence-electron chi connectivity index (χ1n) is 14.7. The number of ether oxygens (including phenoxy) is 1. The molecule has 236 valence electrons. The Balaban J connectivity index is 1.81. The van der Waals surface area contributed by atoms with Crippen LogP contribution in [-0.4, -0.2) is 51.4 Å². The van der Waals surface area contributed by atoms with Crippen molar-refractivity contribution in [2.24, 2.45) is 5.92 Å². The number of hydrogen-bond donors (Lipinski definition) is 1. The van der Waals surface area contributed by atoms with Crippen molar-refractivity contribution in [2.75, 3.05) is 24.5 Å². The van der Waals surface area contributed by atoms with Crippen molar-refractivity contribution < 1.29 is 27.1 Å². The number of amides is 2. The zero-order valence-corrected chi connectivity index (χ0v) is 26.4. The molecule has 0 unspecified atom stereocenters. The van der Waals surface area contributed by atoms with Crippen LogP contribution in [0.5, 0.6) is 5.75 Å². The molecule has 0 aliphatic heterocycles. The smallest absolute Gasteiger partial charge is 0.264 e. The van der Waals surface area contributed by atoms with E-state index in [-0.39, 0.29) is 35.4 Å². The summed E-state index contributed by atoms with van der Waals surface area (Å²) in [6.45, 7) is 3.54. The Morgan fingerprint density at radius 2 is 1.47 bits per heavy atom. The van der Waals surface area contributed by atoms with E-state index in [1.807, 2.05) is 44.2 Å². The molecule has 45 heavy (non-hydrogen) atoms. The molecule has 10 heteroatoms. The molecule has 4 rings (SSSR count). The Kier molecular flexibility index (Phi) is 11.3. The monoisotopic (exact) mass is 631 g/mol. The fraction of sp³-hybridized carbons (Fsp3) is 0.257. The summed E-state index contributed by atoms with van der Waals surface area (Å²) < 4.78 is 49.3. The molecule has 4 aromatic rings. The van der Waals surface area contributed by atoms with Gasteiger partial charge in [0.2, 0.25) is 11.8 Å². The highest BCUT2D eigenvalue weighted by atomic mass is 32.2. The Labute approximate surface area is 264 Å². The van der Waals surface area contributed by atoms with Crippen LogP contribution in [0.2, 0.25) is 0 Å². The third-order valence-electron chi connectivity index (χ3n) is 7.17. The third-order valence-corrected chi connectivity index (χ3v) is 8.95. The van der Waals surface area contributed by atoms with E-state index in [1.165, 1.54) is 42.3 Å². The van der Waals surface area contributed by atoms with Crippen molar-refractivity contribution >= 4 is 27.5 Å². The van der Waals surface area contributed by atoms with Gasteiger partial charge in [0.05, 0.1) is 17.7 Å². The number of carbonyl (C=O) groups excluding carboxylic acids is 2. The van der Waals surface area contributed by atoms with Crippen molar-refractivity contribution in [1.29, 1.82) is 0 Å². The number of halogens is 1. The standard InChI is InChI=1S/C35H38FN3O5S/c1-26(2)23-37-35(41)33(22-27-13-6-4-7-14-27)38(24-28-15-12-16-29(21-28)44-3)34(40)25-39(32-20-11-10-19-31(32)36)45(42,43)30-17-8-5-9-18-30/h4-21,26,33H,22-25H2,1-3H3,(H,37,41)/t33-/m1/s1. The first kappa shape index (κ1) is 33.2. The van der Waals surface area contributed by atoms with Gasteiger partial charge in [0.1, 0.15) is 24.2 Å². The number of carbonyl (C=O) groups is 2. The molecule has 0 aliphatic rings. The number of nitrogens with one attached hydrogen (secondary N) is 1. The van der Waals surface area contributed by atoms with Crippen LogP contribution < -0.4 is 14.4 Å². The van der Waals surface area contributed by atoms with E-state index in [1.54, 1.807) is 42.5 Å². The van der Waals surface area contributed by atoms with Crippen molar-refractivity contribution in [3.8, 4) is 5.75 Å². The molecule has 2 amide bonds. The van der Waals surface area contributed by atoms with Gasteiger partial charge in [-0.05, 0) is 53.4 Å². The lowest BCUT2D eigenvalue weighted by molar-refractivity contribution is -0.140. The fourth-order valence-corrected chi connectivity index (χ4v) is 6.27. The Hall–Kier alpha value is -4.70. The fourth-order valence-electron chi connectivity index (χ4n) is 4.83. The molecule has 0 saturated heterocycles. The first-order chi connectivity index (χ1) is 21.6. The summed E-state index contributed by atoms with van der Waals surface area (Å²) in [5.41, 5.74) is 1.20. The van der Waals surface area contributed by atoms with Crippen LogP contribution in [0.4, 0.5) is 10.1 Å². The Morgan fingerprint density at radius 1 is 0.844 bits per heavy atom. The molecule has 4 aromatic carbocycles. The second-order valence-electron chi connectivity index (χ2n) is 11.0. The van der Waals surface area contributed by atoms with E-state index in [2.05, 4.69) is 5.32 Å². The van der Waals surface area contributed by atoms with Gasteiger partial charge in [-0.15, -0.1) is 0 Å². The molecule has 1 N–H and O–H groups in total. The minimum atomic E-state index is -4.39. The van der Waals surface area contributed by atoms with E-state index < -0.39 is 34.3 Å². The molecule has 0 aliphatic carbocycles. The lowest BCUT2D eigenvalue weighted by atomic mass is 10.0. The maximum atomic E-state index is 15.2. The van der Waals surface area contributed by atoms with Gasteiger partial charge in [0, 0.05) is 19.5 Å². The number of sulfonamides is 1. The number of anilines is 1. The Morgan fingerprint density at radius 3 is 2.11 bits per heavy atom. The first-order valence-corrected chi connectivity index (χ1v) is 16.1. The van der Waals surface area contributed by atoms with Crippen LogP contribution in [0.15, 0.2) is 114 Å². The average Bonchev–Trinajstić information content (AvgIpc) is 3.05. The minimum absolute atomic E-state index is 0.0286. The second kappa shape index (κ2) is 15.3. The lowest BCUT2D eigenvalue weighted by Gasteiger charge is -2.34. The topological polar surface area (TPSA) is 96.0 Å². The van der Waals surface area contributed by atoms with Gasteiger partial charge in [-0.1, -0.05) is 86.6 Å². The van der Waals surface area contributed by atoms with E-state index >= 15 is 4.39 Å². The van der Waals surface area contributed by atoms with Gasteiger partial charge in [0.25, 0.3) is 10.0 Å². The number of benzene rings is 4. The highest BCUT2D eigenvalue weighted by Crippen LogP contribution is 2.27. The third kappa shape index (κ3) is 8.69. The van der Waals surface area contributed by atoms with Gasteiger partial charge in [-0.25, -0.2) is 12.8 Å². The lowest BCUT2D eigenvalue weighted by Crippen LogP contribution is -2.53. The maximum absolute atomic E-state index is 15.2. The molecule has 8 nitrogen and oxygen atoms in total. The summed E-state index contributed by atoms with van der Waals surface area (Å²) in [7, 11) is -2.86. The largest absolute Gasteiger partial charge is 0.497 e. The van der Waals surface area contributed by atoms with Crippen LogP contribution >= 0.6 is 0 Å². The summed E-state index contributed by atoms with van der Waals surface area (Å²) in [6, 6.07) is 28.3. The van der Waals surface area contributed by atoms with E-state index in [0.717, 1.165) is 15.9 Å². The molecule has 0 spiro atoms. The van der Waals surface area contributed by atoms with E-state index in [9.17, 15) is 18.0 Å². The van der Waals surface area contributed by atoms with Crippen LogP contribution in [0, 0.1) is 11.7 Å². The van der Waals surface area contributed by atoms with Gasteiger partial charge < -0.3 is 15.0 Å². The van der Waals surface area contributed by atoms with Crippen molar-refractivity contribution in [3.05, 3.63) is 126 Å².